The molecule has 1 heterocycles. The third-order valence-corrected chi connectivity index (χ3v) is 3.35. The highest BCUT2D eigenvalue weighted by Crippen LogP contribution is 2.31. The van der Waals surface area contributed by atoms with Gasteiger partial charge >= 0.3 is 0 Å². The van der Waals surface area contributed by atoms with E-state index in [4.69, 9.17) is 0 Å². The predicted molar refractivity (Wildman–Crippen MR) is 70.1 cm³/mol. The summed E-state index contributed by atoms with van der Waals surface area (Å²) < 4.78 is 0. The van der Waals surface area contributed by atoms with Crippen LogP contribution in [-0.4, -0.2) is 20.6 Å². The molecule has 1 aromatic rings. The fourth-order valence-corrected chi connectivity index (χ4v) is 2.48. The largest absolute Gasteiger partial charge is 0.377 e. The van der Waals surface area contributed by atoms with Crippen LogP contribution in [0.15, 0.2) is 18.2 Å². The van der Waals surface area contributed by atoms with Crippen molar-refractivity contribution in [1.29, 1.82) is 0 Å². The second-order valence-electron chi connectivity index (χ2n) is 4.96. The van der Waals surface area contributed by atoms with E-state index in [1.165, 1.54) is 36.1 Å². The zero-order valence-corrected chi connectivity index (χ0v) is 10.6. The van der Waals surface area contributed by atoms with E-state index in [9.17, 15) is 0 Å². The molecule has 0 aliphatic carbocycles. The van der Waals surface area contributed by atoms with Gasteiger partial charge in [-0.25, -0.2) is 0 Å². The number of nitrogens with zero attached hydrogens (tertiary/aromatic N) is 1. The molecular formula is C14H22N2. The minimum Gasteiger partial charge on any atom is -0.377 e. The maximum absolute atomic E-state index is 3.63. The van der Waals surface area contributed by atoms with Crippen molar-refractivity contribution in [3.8, 4) is 0 Å². The lowest BCUT2D eigenvalue weighted by molar-refractivity contribution is 0.412. The molecule has 0 radical (unpaired) electrons. The summed E-state index contributed by atoms with van der Waals surface area (Å²) in [5.41, 5.74) is 4.17. The lowest BCUT2D eigenvalue weighted by Gasteiger charge is -2.28. The molecule has 1 fully saturated rings. The van der Waals surface area contributed by atoms with Gasteiger partial charge in [0.05, 0.1) is 0 Å². The van der Waals surface area contributed by atoms with Crippen molar-refractivity contribution < 1.29 is 0 Å². The molecule has 1 N–H and O–H groups in total. The van der Waals surface area contributed by atoms with Crippen LogP contribution < -0.4 is 10.2 Å². The Balaban J connectivity index is 2.32. The molecule has 0 aromatic heterocycles. The lowest BCUT2D eigenvalue weighted by Crippen LogP contribution is -2.28. The van der Waals surface area contributed by atoms with Crippen LogP contribution >= 0.6 is 0 Å². The van der Waals surface area contributed by atoms with Crippen molar-refractivity contribution in [2.75, 3.05) is 25.5 Å². The number of hydrogen-bond donors (Lipinski definition) is 1. The van der Waals surface area contributed by atoms with Gasteiger partial charge in [-0.2, -0.15) is 0 Å². The molecule has 0 spiro atoms. The Labute approximate surface area is 98.7 Å². The number of aryl methyl sites for hydroxylation is 1. The third-order valence-electron chi connectivity index (χ3n) is 3.35. The Morgan fingerprint density at radius 1 is 1.25 bits per heavy atom. The van der Waals surface area contributed by atoms with Crippen molar-refractivity contribution in [3.05, 3.63) is 29.3 Å². The second-order valence-corrected chi connectivity index (χ2v) is 4.96. The summed E-state index contributed by atoms with van der Waals surface area (Å²) in [5.74, 6) is 0. The Morgan fingerprint density at radius 3 is 2.69 bits per heavy atom. The van der Waals surface area contributed by atoms with Gasteiger partial charge < -0.3 is 10.2 Å². The zero-order chi connectivity index (χ0) is 11.5. The highest BCUT2D eigenvalue weighted by Gasteiger charge is 2.18. The van der Waals surface area contributed by atoms with E-state index in [2.05, 4.69) is 49.4 Å². The van der Waals surface area contributed by atoms with E-state index in [1.807, 2.05) is 0 Å². The van der Waals surface area contributed by atoms with Gasteiger partial charge in [0.25, 0.3) is 0 Å². The summed E-state index contributed by atoms with van der Waals surface area (Å²) in [6.07, 6.45) is 3.93. The fraction of sp³-hybridized carbons (Fsp3) is 0.571. The molecular weight excluding hydrogens is 196 g/mol. The molecule has 2 rings (SSSR count). The molecule has 2 nitrogen and oxygen atoms in total. The summed E-state index contributed by atoms with van der Waals surface area (Å²) in [6.45, 7) is 3.33. The molecule has 88 valence electrons. The highest BCUT2D eigenvalue weighted by atomic mass is 15.1. The molecule has 0 bridgehead atoms. The third kappa shape index (κ3) is 2.38. The van der Waals surface area contributed by atoms with E-state index in [0.717, 1.165) is 6.54 Å². The van der Waals surface area contributed by atoms with E-state index >= 15 is 0 Å². The maximum atomic E-state index is 3.63. The van der Waals surface area contributed by atoms with Crippen molar-refractivity contribution in [1.82, 2.24) is 5.32 Å². The van der Waals surface area contributed by atoms with Crippen LogP contribution in [0.1, 0.15) is 36.4 Å². The van der Waals surface area contributed by atoms with Gasteiger partial charge in [-0.05, 0) is 37.9 Å². The molecule has 0 saturated carbocycles. The number of benzene rings is 1. The van der Waals surface area contributed by atoms with E-state index in [0.29, 0.717) is 6.04 Å². The molecule has 1 aromatic carbocycles. The van der Waals surface area contributed by atoms with Crippen LogP contribution in [-0.2, 0) is 0 Å². The Bertz CT molecular complexity index is 352. The number of piperidine rings is 1. The topological polar surface area (TPSA) is 15.3 Å². The predicted octanol–water partition coefficient (Wildman–Crippen LogP) is 2.88. The molecule has 1 aliphatic heterocycles. The van der Waals surface area contributed by atoms with Crippen molar-refractivity contribution in [3.63, 3.8) is 0 Å². The van der Waals surface area contributed by atoms with E-state index < -0.39 is 0 Å². The zero-order valence-electron chi connectivity index (χ0n) is 10.6. The number of hydrogen-bond acceptors (Lipinski definition) is 2. The van der Waals surface area contributed by atoms with E-state index in [-0.39, 0.29) is 0 Å². The van der Waals surface area contributed by atoms with Crippen LogP contribution in [0, 0.1) is 6.92 Å². The summed E-state index contributed by atoms with van der Waals surface area (Å²) in [6, 6.07) is 7.31. The number of anilines is 1. The molecule has 1 unspecified atom stereocenters. The second kappa shape index (κ2) is 4.88. The van der Waals surface area contributed by atoms with Gasteiger partial charge in [0.2, 0.25) is 0 Å². The number of rotatable bonds is 2. The minimum absolute atomic E-state index is 0.547. The molecule has 0 amide bonds. The van der Waals surface area contributed by atoms with Crippen LogP contribution in [0.4, 0.5) is 5.69 Å². The van der Waals surface area contributed by atoms with Gasteiger partial charge in [-0.3, -0.25) is 0 Å². The first-order chi connectivity index (χ1) is 7.68. The van der Waals surface area contributed by atoms with Crippen molar-refractivity contribution in [2.24, 2.45) is 0 Å². The van der Waals surface area contributed by atoms with E-state index in [1.54, 1.807) is 0 Å². The van der Waals surface area contributed by atoms with Crippen molar-refractivity contribution >= 4 is 5.69 Å². The standard InChI is InChI=1S/C14H22N2/c1-11-7-8-14(16(2)3)12(10-11)13-6-4-5-9-15-13/h7-8,10,13,15H,4-6,9H2,1-3H3. The van der Waals surface area contributed by atoms with Crippen LogP contribution in [0.25, 0.3) is 0 Å². The Hall–Kier alpha value is -1.02. The first-order valence-corrected chi connectivity index (χ1v) is 6.20. The average molecular weight is 218 g/mol. The van der Waals surface area contributed by atoms with Crippen LogP contribution in [0.5, 0.6) is 0 Å². The normalized spacial score (nSPS) is 20.8. The maximum Gasteiger partial charge on any atom is 0.0409 e. The first-order valence-electron chi connectivity index (χ1n) is 6.20. The van der Waals surface area contributed by atoms with Crippen molar-refractivity contribution in [2.45, 2.75) is 32.2 Å². The average Bonchev–Trinajstić information content (AvgIpc) is 2.29. The SMILES string of the molecule is Cc1ccc(N(C)C)c(C2CCCCN2)c1. The van der Waals surface area contributed by atoms with Gasteiger partial charge in [-0.1, -0.05) is 24.1 Å². The van der Waals surface area contributed by atoms with Gasteiger partial charge in [0.1, 0.15) is 0 Å². The molecule has 1 atom stereocenters. The summed E-state index contributed by atoms with van der Waals surface area (Å²) in [4.78, 5) is 2.21. The molecule has 1 saturated heterocycles. The summed E-state index contributed by atoms with van der Waals surface area (Å²) in [5, 5.41) is 3.63. The van der Waals surface area contributed by atoms with Gasteiger partial charge in [0, 0.05) is 25.8 Å². The van der Waals surface area contributed by atoms with Crippen LogP contribution in [0.2, 0.25) is 0 Å². The molecule has 16 heavy (non-hydrogen) atoms. The lowest BCUT2D eigenvalue weighted by atomic mass is 9.94. The quantitative estimate of drug-likeness (QED) is 0.821. The number of nitrogens with one attached hydrogen (secondary N) is 1. The first kappa shape index (κ1) is 11.5. The summed E-state index contributed by atoms with van der Waals surface area (Å²) in [7, 11) is 4.24. The Morgan fingerprint density at radius 2 is 2.06 bits per heavy atom. The molecule has 1 aliphatic rings. The van der Waals surface area contributed by atoms with Gasteiger partial charge in [0.15, 0.2) is 0 Å². The van der Waals surface area contributed by atoms with Crippen LogP contribution in [0.3, 0.4) is 0 Å². The van der Waals surface area contributed by atoms with Gasteiger partial charge in [-0.15, -0.1) is 0 Å². The molecule has 2 heteroatoms. The summed E-state index contributed by atoms with van der Waals surface area (Å²) >= 11 is 0. The Kier molecular flexibility index (Phi) is 3.49. The minimum atomic E-state index is 0.547. The fourth-order valence-electron chi connectivity index (χ4n) is 2.48. The highest BCUT2D eigenvalue weighted by molar-refractivity contribution is 5.55. The monoisotopic (exact) mass is 218 g/mol. The smallest absolute Gasteiger partial charge is 0.0409 e.